The van der Waals surface area contributed by atoms with E-state index in [1.54, 1.807) is 6.20 Å². The molecule has 1 atom stereocenters. The number of para-hydroxylation sites is 2. The standard InChI is InChI=1S/C14H18N2O/c1-2-3-4-9-14(17)13-10-15-11-7-5-6-8-12(11)16-13/h5-8,10,14,17H,2-4,9H2,1H3. The molecular formula is C14H18N2O. The normalized spacial score (nSPS) is 12.8. The Kier molecular flexibility index (Phi) is 4.04. The summed E-state index contributed by atoms with van der Waals surface area (Å²) in [5, 5.41) is 10.0. The molecule has 1 heterocycles. The lowest BCUT2D eigenvalue weighted by atomic mass is 10.1. The lowest BCUT2D eigenvalue weighted by Gasteiger charge is -2.09. The van der Waals surface area contributed by atoms with E-state index in [1.807, 2.05) is 24.3 Å². The van der Waals surface area contributed by atoms with Crippen LogP contribution in [0.25, 0.3) is 11.0 Å². The zero-order valence-electron chi connectivity index (χ0n) is 10.1. The van der Waals surface area contributed by atoms with Crippen LogP contribution in [-0.4, -0.2) is 15.1 Å². The van der Waals surface area contributed by atoms with E-state index in [1.165, 1.54) is 0 Å². The summed E-state index contributed by atoms with van der Waals surface area (Å²) in [5.74, 6) is 0. The molecule has 0 aliphatic heterocycles. The first kappa shape index (κ1) is 12.0. The van der Waals surface area contributed by atoms with Gasteiger partial charge in [-0.2, -0.15) is 0 Å². The van der Waals surface area contributed by atoms with E-state index in [2.05, 4.69) is 16.9 Å². The summed E-state index contributed by atoms with van der Waals surface area (Å²) in [6.07, 6.45) is 5.30. The largest absolute Gasteiger partial charge is 0.387 e. The summed E-state index contributed by atoms with van der Waals surface area (Å²) < 4.78 is 0. The third kappa shape index (κ3) is 3.01. The number of unbranched alkanes of at least 4 members (excludes halogenated alkanes) is 2. The monoisotopic (exact) mass is 230 g/mol. The molecule has 0 bridgehead atoms. The minimum absolute atomic E-state index is 0.487. The molecule has 3 nitrogen and oxygen atoms in total. The van der Waals surface area contributed by atoms with Crippen molar-refractivity contribution in [3.05, 3.63) is 36.2 Å². The number of nitrogens with zero attached hydrogens (tertiary/aromatic N) is 2. The Bertz CT molecular complexity index is 484. The number of hydrogen-bond donors (Lipinski definition) is 1. The zero-order valence-corrected chi connectivity index (χ0v) is 10.1. The molecule has 3 heteroatoms. The van der Waals surface area contributed by atoms with Crippen LogP contribution in [0.2, 0.25) is 0 Å². The molecule has 0 radical (unpaired) electrons. The molecule has 0 saturated carbocycles. The van der Waals surface area contributed by atoms with Gasteiger partial charge in [-0.1, -0.05) is 38.3 Å². The van der Waals surface area contributed by atoms with E-state index >= 15 is 0 Å². The lowest BCUT2D eigenvalue weighted by Crippen LogP contribution is -2.01. The lowest BCUT2D eigenvalue weighted by molar-refractivity contribution is 0.159. The van der Waals surface area contributed by atoms with Gasteiger partial charge in [0, 0.05) is 0 Å². The first-order chi connectivity index (χ1) is 8.31. The molecule has 0 aliphatic rings. The fraction of sp³-hybridized carbons (Fsp3) is 0.429. The van der Waals surface area contributed by atoms with Crippen molar-refractivity contribution in [1.82, 2.24) is 9.97 Å². The Balaban J connectivity index is 2.12. The van der Waals surface area contributed by atoms with E-state index in [0.717, 1.165) is 36.7 Å². The molecule has 1 aromatic carbocycles. The van der Waals surface area contributed by atoms with E-state index in [4.69, 9.17) is 0 Å². The first-order valence-electron chi connectivity index (χ1n) is 6.21. The molecule has 2 rings (SSSR count). The topological polar surface area (TPSA) is 46.0 Å². The Morgan fingerprint density at radius 3 is 2.71 bits per heavy atom. The van der Waals surface area contributed by atoms with Gasteiger partial charge in [0.25, 0.3) is 0 Å². The fourth-order valence-electron chi connectivity index (χ4n) is 1.87. The van der Waals surface area contributed by atoms with Gasteiger partial charge in [-0.3, -0.25) is 4.98 Å². The molecule has 17 heavy (non-hydrogen) atoms. The molecule has 0 amide bonds. The highest BCUT2D eigenvalue weighted by atomic mass is 16.3. The molecule has 0 aliphatic carbocycles. The second kappa shape index (κ2) is 5.73. The van der Waals surface area contributed by atoms with Gasteiger partial charge in [-0.05, 0) is 18.6 Å². The number of aliphatic hydroxyl groups excluding tert-OH is 1. The van der Waals surface area contributed by atoms with Crippen molar-refractivity contribution < 1.29 is 5.11 Å². The van der Waals surface area contributed by atoms with Gasteiger partial charge in [0.2, 0.25) is 0 Å². The summed E-state index contributed by atoms with van der Waals surface area (Å²) in [6.45, 7) is 2.15. The maximum absolute atomic E-state index is 10.0. The molecule has 0 spiro atoms. The smallest absolute Gasteiger partial charge is 0.0975 e. The van der Waals surface area contributed by atoms with E-state index in [9.17, 15) is 5.11 Å². The van der Waals surface area contributed by atoms with Crippen LogP contribution in [0, 0.1) is 0 Å². The predicted molar refractivity (Wildman–Crippen MR) is 68.6 cm³/mol. The summed E-state index contributed by atoms with van der Waals surface area (Å²) in [4.78, 5) is 8.75. The molecule has 0 fully saturated rings. The Labute approximate surface area is 102 Å². The summed E-state index contributed by atoms with van der Waals surface area (Å²) in [7, 11) is 0. The maximum Gasteiger partial charge on any atom is 0.0975 e. The molecule has 2 aromatic rings. The number of aromatic nitrogens is 2. The van der Waals surface area contributed by atoms with Crippen LogP contribution in [0.3, 0.4) is 0 Å². The molecule has 1 unspecified atom stereocenters. The first-order valence-corrected chi connectivity index (χ1v) is 6.21. The third-order valence-corrected chi connectivity index (χ3v) is 2.89. The highest BCUT2D eigenvalue weighted by Gasteiger charge is 2.09. The van der Waals surface area contributed by atoms with Gasteiger partial charge in [0.05, 0.1) is 29.0 Å². The van der Waals surface area contributed by atoms with Crippen LogP contribution < -0.4 is 0 Å². The fourth-order valence-corrected chi connectivity index (χ4v) is 1.87. The summed E-state index contributed by atoms with van der Waals surface area (Å²) >= 11 is 0. The van der Waals surface area contributed by atoms with Gasteiger partial charge in [-0.15, -0.1) is 0 Å². The van der Waals surface area contributed by atoms with Crippen LogP contribution in [0.5, 0.6) is 0 Å². The molecule has 90 valence electrons. The highest BCUT2D eigenvalue weighted by Crippen LogP contribution is 2.19. The van der Waals surface area contributed by atoms with Crippen molar-refractivity contribution in [1.29, 1.82) is 0 Å². The van der Waals surface area contributed by atoms with Gasteiger partial charge < -0.3 is 5.11 Å². The Morgan fingerprint density at radius 1 is 1.18 bits per heavy atom. The van der Waals surface area contributed by atoms with Crippen molar-refractivity contribution in [3.8, 4) is 0 Å². The average molecular weight is 230 g/mol. The molecule has 1 aromatic heterocycles. The van der Waals surface area contributed by atoms with Gasteiger partial charge >= 0.3 is 0 Å². The molecule has 0 saturated heterocycles. The van der Waals surface area contributed by atoms with Crippen molar-refractivity contribution in [2.75, 3.05) is 0 Å². The van der Waals surface area contributed by atoms with Gasteiger partial charge in [0.15, 0.2) is 0 Å². The predicted octanol–water partition coefficient (Wildman–Crippen LogP) is 3.24. The van der Waals surface area contributed by atoms with Gasteiger partial charge in [0.1, 0.15) is 0 Å². The van der Waals surface area contributed by atoms with Crippen LogP contribution in [-0.2, 0) is 0 Å². The summed E-state index contributed by atoms with van der Waals surface area (Å²) in [6, 6.07) is 7.72. The zero-order chi connectivity index (χ0) is 12.1. The van der Waals surface area contributed by atoms with Crippen molar-refractivity contribution >= 4 is 11.0 Å². The Hall–Kier alpha value is -1.48. The number of fused-ring (bicyclic) bond motifs is 1. The third-order valence-electron chi connectivity index (χ3n) is 2.89. The second-order valence-corrected chi connectivity index (χ2v) is 4.30. The van der Waals surface area contributed by atoms with Crippen LogP contribution in [0.1, 0.15) is 44.4 Å². The maximum atomic E-state index is 10.0. The summed E-state index contributed by atoms with van der Waals surface area (Å²) in [5.41, 5.74) is 2.40. The number of benzene rings is 1. The van der Waals surface area contributed by atoms with E-state index in [0.29, 0.717) is 5.69 Å². The number of aliphatic hydroxyl groups is 1. The minimum atomic E-state index is -0.487. The number of rotatable bonds is 5. The quantitative estimate of drug-likeness (QED) is 0.802. The van der Waals surface area contributed by atoms with Crippen molar-refractivity contribution in [2.45, 2.75) is 38.7 Å². The van der Waals surface area contributed by atoms with Crippen LogP contribution in [0.4, 0.5) is 0 Å². The average Bonchev–Trinajstić information content (AvgIpc) is 2.38. The van der Waals surface area contributed by atoms with Crippen molar-refractivity contribution in [2.24, 2.45) is 0 Å². The SMILES string of the molecule is CCCCCC(O)c1cnc2ccccc2n1. The van der Waals surface area contributed by atoms with Gasteiger partial charge in [-0.25, -0.2) is 4.98 Å². The molecule has 1 N–H and O–H groups in total. The number of hydrogen-bond acceptors (Lipinski definition) is 3. The van der Waals surface area contributed by atoms with E-state index in [-0.39, 0.29) is 0 Å². The Morgan fingerprint density at radius 2 is 1.94 bits per heavy atom. The highest BCUT2D eigenvalue weighted by molar-refractivity contribution is 5.73. The minimum Gasteiger partial charge on any atom is -0.387 e. The molecular weight excluding hydrogens is 212 g/mol. The second-order valence-electron chi connectivity index (χ2n) is 4.30. The van der Waals surface area contributed by atoms with Crippen LogP contribution in [0.15, 0.2) is 30.5 Å². The van der Waals surface area contributed by atoms with Crippen molar-refractivity contribution in [3.63, 3.8) is 0 Å². The van der Waals surface area contributed by atoms with E-state index < -0.39 is 6.10 Å². The van der Waals surface area contributed by atoms with Crippen LogP contribution >= 0.6 is 0 Å².